The minimum atomic E-state index is -0.318. The smallest absolute Gasteiger partial charge is 0.232 e. The molecule has 1 fully saturated rings. The van der Waals surface area contributed by atoms with Crippen molar-refractivity contribution < 1.29 is 9.53 Å². The second-order valence-electron chi connectivity index (χ2n) is 8.82. The number of rotatable bonds is 11. The second kappa shape index (κ2) is 12.4. The van der Waals surface area contributed by atoms with Gasteiger partial charge in [0.2, 0.25) is 5.91 Å². The molecule has 0 radical (unpaired) electrons. The standard InChI is InChI=1S/C26H39N3O2S/c1-4-7-19-31-22-13-11-21(12-14-22)24-25(28-26(27-24)15-9-8-10-16-26)32-20-23(30)29(17-5-2)18-6-3/h11-14H,4-10,15-20H2,1-3H3. The first-order chi connectivity index (χ1) is 15.6. The maximum Gasteiger partial charge on any atom is 0.232 e. The number of unbranched alkanes of at least 4 members (excludes halogenated alkanes) is 1. The van der Waals surface area contributed by atoms with E-state index in [1.807, 2.05) is 17.0 Å². The number of carbonyl (C=O) groups excluding carboxylic acids is 1. The molecule has 0 aromatic heterocycles. The fourth-order valence-electron chi connectivity index (χ4n) is 4.32. The molecule has 1 spiro atoms. The Kier molecular flexibility index (Phi) is 9.64. The maximum absolute atomic E-state index is 12.9. The van der Waals surface area contributed by atoms with Gasteiger partial charge < -0.3 is 9.64 Å². The normalized spacial score (nSPS) is 17.2. The fourth-order valence-corrected chi connectivity index (χ4v) is 5.30. The number of hydrogen-bond donors (Lipinski definition) is 0. The van der Waals surface area contributed by atoms with Gasteiger partial charge in [-0.3, -0.25) is 9.79 Å². The molecular weight excluding hydrogens is 418 g/mol. The van der Waals surface area contributed by atoms with Crippen LogP contribution in [-0.2, 0) is 4.79 Å². The molecule has 32 heavy (non-hydrogen) atoms. The zero-order chi connectivity index (χ0) is 22.8. The van der Waals surface area contributed by atoms with Crippen molar-refractivity contribution in [3.05, 3.63) is 29.8 Å². The third kappa shape index (κ3) is 6.60. The van der Waals surface area contributed by atoms with Crippen LogP contribution < -0.4 is 4.74 Å². The topological polar surface area (TPSA) is 54.3 Å². The van der Waals surface area contributed by atoms with Crippen LogP contribution in [0.2, 0.25) is 0 Å². The van der Waals surface area contributed by atoms with E-state index in [1.165, 1.54) is 19.3 Å². The minimum Gasteiger partial charge on any atom is -0.494 e. The van der Waals surface area contributed by atoms with Crippen molar-refractivity contribution in [2.45, 2.75) is 84.2 Å². The number of carbonyl (C=O) groups is 1. The zero-order valence-electron chi connectivity index (χ0n) is 20.1. The van der Waals surface area contributed by atoms with Gasteiger partial charge >= 0.3 is 0 Å². The second-order valence-corrected chi connectivity index (χ2v) is 9.78. The number of thioether (sulfide) groups is 1. The van der Waals surface area contributed by atoms with Crippen LogP contribution in [0.5, 0.6) is 5.75 Å². The van der Waals surface area contributed by atoms with E-state index in [0.717, 1.165) is 80.3 Å². The van der Waals surface area contributed by atoms with Crippen LogP contribution in [-0.4, -0.2) is 52.7 Å². The van der Waals surface area contributed by atoms with Gasteiger partial charge in [-0.15, -0.1) is 0 Å². The molecule has 1 aromatic carbocycles. The highest BCUT2D eigenvalue weighted by atomic mass is 32.2. The molecule has 1 aliphatic heterocycles. The SMILES string of the molecule is CCCCOc1ccc(C2=NC3(CCCCC3)N=C2SCC(=O)N(CCC)CCC)cc1. The van der Waals surface area contributed by atoms with Crippen molar-refractivity contribution in [1.82, 2.24) is 4.90 Å². The van der Waals surface area contributed by atoms with E-state index >= 15 is 0 Å². The summed E-state index contributed by atoms with van der Waals surface area (Å²) in [5.74, 6) is 1.51. The summed E-state index contributed by atoms with van der Waals surface area (Å²) in [5, 5.41) is 0.924. The summed E-state index contributed by atoms with van der Waals surface area (Å²) >= 11 is 1.56. The first-order valence-corrected chi connectivity index (χ1v) is 13.4. The van der Waals surface area contributed by atoms with E-state index in [1.54, 1.807) is 11.8 Å². The van der Waals surface area contributed by atoms with Crippen molar-refractivity contribution in [1.29, 1.82) is 0 Å². The summed E-state index contributed by atoms with van der Waals surface area (Å²) in [4.78, 5) is 25.1. The van der Waals surface area contributed by atoms with Crippen molar-refractivity contribution in [2.24, 2.45) is 9.98 Å². The molecule has 176 valence electrons. The predicted octanol–water partition coefficient (Wildman–Crippen LogP) is 6.11. The Morgan fingerprint density at radius 3 is 2.31 bits per heavy atom. The van der Waals surface area contributed by atoms with Crippen LogP contribution in [0.25, 0.3) is 0 Å². The highest BCUT2D eigenvalue weighted by Gasteiger charge is 2.38. The summed E-state index contributed by atoms with van der Waals surface area (Å²) in [6, 6.07) is 8.22. The monoisotopic (exact) mass is 457 g/mol. The van der Waals surface area contributed by atoms with Crippen LogP contribution in [0.4, 0.5) is 0 Å². The number of aliphatic imine (C=N–C) groups is 2. The summed E-state index contributed by atoms with van der Waals surface area (Å²) in [5.41, 5.74) is 1.69. The lowest BCUT2D eigenvalue weighted by molar-refractivity contribution is -0.128. The van der Waals surface area contributed by atoms with Crippen LogP contribution >= 0.6 is 11.8 Å². The van der Waals surface area contributed by atoms with E-state index in [0.29, 0.717) is 5.75 Å². The maximum atomic E-state index is 12.9. The Hall–Kier alpha value is -1.82. The fraction of sp³-hybridized carbons (Fsp3) is 0.654. The van der Waals surface area contributed by atoms with Crippen molar-refractivity contribution in [3.63, 3.8) is 0 Å². The first kappa shape index (κ1) is 24.8. The third-order valence-electron chi connectivity index (χ3n) is 6.05. The van der Waals surface area contributed by atoms with Crippen molar-refractivity contribution in [3.8, 4) is 5.75 Å². The molecular formula is C26H39N3O2S. The van der Waals surface area contributed by atoms with E-state index in [9.17, 15) is 4.79 Å². The van der Waals surface area contributed by atoms with Gasteiger partial charge in [0.05, 0.1) is 18.1 Å². The molecule has 1 saturated carbocycles. The van der Waals surface area contributed by atoms with Gasteiger partial charge in [0, 0.05) is 18.7 Å². The van der Waals surface area contributed by atoms with Gasteiger partial charge in [0.1, 0.15) is 10.8 Å². The summed E-state index contributed by atoms with van der Waals surface area (Å²) in [6.45, 7) is 8.80. The minimum absolute atomic E-state index is 0.199. The van der Waals surface area contributed by atoms with Crippen molar-refractivity contribution >= 4 is 28.4 Å². The third-order valence-corrected chi connectivity index (χ3v) is 7.00. The molecule has 2 aliphatic rings. The van der Waals surface area contributed by atoms with Gasteiger partial charge in [-0.2, -0.15) is 0 Å². The first-order valence-electron chi connectivity index (χ1n) is 12.4. The Bertz CT molecular complexity index is 792. The van der Waals surface area contributed by atoms with Crippen molar-refractivity contribution in [2.75, 3.05) is 25.4 Å². The van der Waals surface area contributed by atoms with Gasteiger partial charge in [0.25, 0.3) is 0 Å². The lowest BCUT2D eigenvalue weighted by Gasteiger charge is -2.27. The number of benzene rings is 1. The van der Waals surface area contributed by atoms with E-state index in [2.05, 4.69) is 32.9 Å². The number of nitrogens with zero attached hydrogens (tertiary/aromatic N) is 3. The van der Waals surface area contributed by atoms with Gasteiger partial charge in [-0.25, -0.2) is 4.99 Å². The molecule has 1 aliphatic carbocycles. The predicted molar refractivity (Wildman–Crippen MR) is 136 cm³/mol. The molecule has 6 heteroatoms. The summed E-state index contributed by atoms with van der Waals surface area (Å²) in [6.07, 6.45) is 9.76. The number of ether oxygens (including phenoxy) is 1. The molecule has 0 atom stereocenters. The Balaban J connectivity index is 1.74. The lowest BCUT2D eigenvalue weighted by atomic mass is 9.90. The molecule has 1 heterocycles. The highest BCUT2D eigenvalue weighted by Crippen LogP contribution is 2.39. The zero-order valence-corrected chi connectivity index (χ0v) is 20.9. The van der Waals surface area contributed by atoms with Crippen LogP contribution in [0.1, 0.15) is 84.1 Å². The average molecular weight is 458 g/mol. The Labute approximate surface area is 198 Å². The number of amides is 1. The van der Waals surface area contributed by atoms with E-state index < -0.39 is 0 Å². The van der Waals surface area contributed by atoms with Gasteiger partial charge in [-0.05, 0) is 69.2 Å². The molecule has 0 unspecified atom stereocenters. The van der Waals surface area contributed by atoms with Gasteiger partial charge in [-0.1, -0.05) is 45.4 Å². The summed E-state index contributed by atoms with van der Waals surface area (Å²) < 4.78 is 5.83. The van der Waals surface area contributed by atoms with Crippen LogP contribution in [0.15, 0.2) is 34.3 Å². The highest BCUT2D eigenvalue weighted by molar-refractivity contribution is 8.16. The molecule has 0 saturated heterocycles. The van der Waals surface area contributed by atoms with Crippen LogP contribution in [0, 0.1) is 0 Å². The molecule has 0 N–H and O–H groups in total. The average Bonchev–Trinajstić information content (AvgIpc) is 3.16. The quantitative estimate of drug-likeness (QED) is 0.377. The lowest BCUT2D eigenvalue weighted by Crippen LogP contribution is -2.34. The van der Waals surface area contributed by atoms with Crippen LogP contribution in [0.3, 0.4) is 0 Å². The largest absolute Gasteiger partial charge is 0.494 e. The van der Waals surface area contributed by atoms with E-state index in [4.69, 9.17) is 14.7 Å². The van der Waals surface area contributed by atoms with E-state index in [-0.39, 0.29) is 11.6 Å². The molecule has 1 aromatic rings. The number of hydrogen-bond acceptors (Lipinski definition) is 5. The Morgan fingerprint density at radius 2 is 1.69 bits per heavy atom. The van der Waals surface area contributed by atoms with Gasteiger partial charge in [0.15, 0.2) is 5.66 Å². The molecule has 3 rings (SSSR count). The Morgan fingerprint density at radius 1 is 1.00 bits per heavy atom. The molecule has 0 bridgehead atoms. The molecule has 1 amide bonds. The molecule has 5 nitrogen and oxygen atoms in total. The summed E-state index contributed by atoms with van der Waals surface area (Å²) in [7, 11) is 0.